The summed E-state index contributed by atoms with van der Waals surface area (Å²) in [6.45, 7) is 0. The Hall–Kier alpha value is -1.72. The van der Waals surface area contributed by atoms with E-state index in [9.17, 15) is 4.79 Å². The summed E-state index contributed by atoms with van der Waals surface area (Å²) in [4.78, 5) is 23.1. The summed E-state index contributed by atoms with van der Waals surface area (Å²) in [6.07, 6.45) is 4.23. The maximum absolute atomic E-state index is 11.8. The van der Waals surface area contributed by atoms with Gasteiger partial charge in [0.05, 0.1) is 5.56 Å². The summed E-state index contributed by atoms with van der Waals surface area (Å²) in [7, 11) is 0. The zero-order valence-electron chi connectivity index (χ0n) is 8.39. The van der Waals surface area contributed by atoms with Crippen molar-refractivity contribution < 1.29 is 4.79 Å². The number of pyridine rings is 1. The van der Waals surface area contributed by atoms with Crippen LogP contribution in [0, 0.1) is 0 Å². The SMILES string of the molecule is O=C(Nc1ncnc(Cl)c1Cl)c1cccnc1. The molecular formula is C10H6Cl2N4O. The lowest BCUT2D eigenvalue weighted by Gasteiger charge is -2.05. The molecule has 0 atom stereocenters. The van der Waals surface area contributed by atoms with E-state index in [1.165, 1.54) is 12.5 Å². The number of nitrogens with one attached hydrogen (secondary N) is 1. The van der Waals surface area contributed by atoms with Gasteiger partial charge in [0.2, 0.25) is 0 Å². The number of rotatable bonds is 2. The van der Waals surface area contributed by atoms with Gasteiger partial charge in [0.15, 0.2) is 11.0 Å². The number of nitrogens with zero attached hydrogens (tertiary/aromatic N) is 3. The molecule has 17 heavy (non-hydrogen) atoms. The lowest BCUT2D eigenvalue weighted by molar-refractivity contribution is 0.102. The van der Waals surface area contributed by atoms with Crippen molar-refractivity contribution in [1.82, 2.24) is 15.0 Å². The third-order valence-electron chi connectivity index (χ3n) is 1.90. The van der Waals surface area contributed by atoms with Gasteiger partial charge in [0, 0.05) is 12.4 Å². The summed E-state index contributed by atoms with van der Waals surface area (Å²) in [5.41, 5.74) is 0.401. The van der Waals surface area contributed by atoms with Crippen LogP contribution in [0.4, 0.5) is 5.82 Å². The Balaban J connectivity index is 2.22. The van der Waals surface area contributed by atoms with Gasteiger partial charge < -0.3 is 5.32 Å². The maximum atomic E-state index is 11.8. The van der Waals surface area contributed by atoms with Crippen LogP contribution < -0.4 is 5.32 Å². The minimum Gasteiger partial charge on any atom is -0.305 e. The van der Waals surface area contributed by atoms with Crippen LogP contribution in [0.1, 0.15) is 10.4 Å². The summed E-state index contributed by atoms with van der Waals surface area (Å²) < 4.78 is 0. The topological polar surface area (TPSA) is 67.8 Å². The normalized spacial score (nSPS) is 10.0. The number of anilines is 1. The molecule has 1 N–H and O–H groups in total. The average molecular weight is 269 g/mol. The molecule has 2 heterocycles. The van der Waals surface area contributed by atoms with Gasteiger partial charge in [-0.15, -0.1) is 0 Å². The first kappa shape index (κ1) is 11.8. The van der Waals surface area contributed by atoms with Gasteiger partial charge >= 0.3 is 0 Å². The summed E-state index contributed by atoms with van der Waals surface area (Å²) in [6, 6.07) is 3.28. The first-order valence-electron chi connectivity index (χ1n) is 4.56. The van der Waals surface area contributed by atoms with Crippen LogP contribution in [0.5, 0.6) is 0 Å². The van der Waals surface area contributed by atoms with Gasteiger partial charge in [-0.05, 0) is 12.1 Å². The highest BCUT2D eigenvalue weighted by Crippen LogP contribution is 2.25. The minimum atomic E-state index is -0.366. The maximum Gasteiger partial charge on any atom is 0.258 e. The zero-order chi connectivity index (χ0) is 12.3. The molecule has 0 bridgehead atoms. The standard InChI is InChI=1S/C10H6Cl2N4O/c11-7-8(12)14-5-15-9(7)16-10(17)6-2-1-3-13-4-6/h1-5H,(H,14,15,16,17). The molecule has 0 saturated carbocycles. The fourth-order valence-corrected chi connectivity index (χ4v) is 1.39. The van der Waals surface area contributed by atoms with Gasteiger partial charge in [-0.1, -0.05) is 23.2 Å². The van der Waals surface area contributed by atoms with Crippen molar-refractivity contribution in [3.05, 3.63) is 46.6 Å². The second-order valence-electron chi connectivity index (χ2n) is 3.02. The molecule has 0 saturated heterocycles. The van der Waals surface area contributed by atoms with Crippen molar-refractivity contribution in [3.63, 3.8) is 0 Å². The number of aromatic nitrogens is 3. The highest BCUT2D eigenvalue weighted by atomic mass is 35.5. The summed E-state index contributed by atoms with van der Waals surface area (Å²) >= 11 is 11.5. The third kappa shape index (κ3) is 2.69. The van der Waals surface area contributed by atoms with E-state index in [0.29, 0.717) is 5.56 Å². The van der Waals surface area contributed by atoms with E-state index >= 15 is 0 Å². The van der Waals surface area contributed by atoms with Crippen LogP contribution >= 0.6 is 23.2 Å². The van der Waals surface area contributed by atoms with Crippen molar-refractivity contribution in [3.8, 4) is 0 Å². The van der Waals surface area contributed by atoms with Gasteiger partial charge in [0.25, 0.3) is 5.91 Å². The van der Waals surface area contributed by atoms with E-state index in [1.54, 1.807) is 18.3 Å². The average Bonchev–Trinajstić information content (AvgIpc) is 2.36. The third-order valence-corrected chi connectivity index (χ3v) is 2.64. The van der Waals surface area contributed by atoms with Crippen molar-refractivity contribution in [2.45, 2.75) is 0 Å². The Kier molecular flexibility index (Phi) is 3.51. The van der Waals surface area contributed by atoms with Crippen molar-refractivity contribution >= 4 is 34.9 Å². The van der Waals surface area contributed by atoms with Gasteiger partial charge in [-0.25, -0.2) is 9.97 Å². The number of carbonyl (C=O) groups excluding carboxylic acids is 1. The van der Waals surface area contributed by atoms with Crippen molar-refractivity contribution in [1.29, 1.82) is 0 Å². The zero-order valence-corrected chi connectivity index (χ0v) is 9.90. The highest BCUT2D eigenvalue weighted by molar-refractivity contribution is 6.43. The van der Waals surface area contributed by atoms with E-state index < -0.39 is 0 Å². The monoisotopic (exact) mass is 268 g/mol. The lowest BCUT2D eigenvalue weighted by Crippen LogP contribution is -2.13. The van der Waals surface area contributed by atoms with Crippen LogP contribution in [-0.2, 0) is 0 Å². The molecule has 0 fully saturated rings. The summed E-state index contributed by atoms with van der Waals surface area (Å²) in [5, 5.41) is 2.71. The van der Waals surface area contributed by atoms with Gasteiger partial charge in [-0.3, -0.25) is 9.78 Å². The van der Waals surface area contributed by atoms with Crippen molar-refractivity contribution in [2.75, 3.05) is 5.32 Å². The molecule has 0 aliphatic rings. The minimum absolute atomic E-state index is 0.0863. The predicted octanol–water partition coefficient (Wildman–Crippen LogP) is 2.43. The highest BCUT2D eigenvalue weighted by Gasteiger charge is 2.11. The molecular weight excluding hydrogens is 263 g/mol. The number of hydrogen-bond acceptors (Lipinski definition) is 4. The first-order valence-corrected chi connectivity index (χ1v) is 5.31. The molecule has 86 valence electrons. The molecule has 0 aromatic carbocycles. The Bertz CT molecular complexity index is 547. The van der Waals surface area contributed by atoms with Crippen LogP contribution in [0.25, 0.3) is 0 Å². The van der Waals surface area contributed by atoms with Gasteiger partial charge in [0.1, 0.15) is 11.3 Å². The Morgan fingerprint density at radius 3 is 2.82 bits per heavy atom. The van der Waals surface area contributed by atoms with E-state index in [1.807, 2.05) is 0 Å². The molecule has 2 rings (SSSR count). The molecule has 5 nitrogen and oxygen atoms in total. The largest absolute Gasteiger partial charge is 0.305 e. The molecule has 0 aliphatic carbocycles. The summed E-state index contributed by atoms with van der Waals surface area (Å²) in [5.74, 6) is -0.199. The first-order chi connectivity index (χ1) is 8.18. The molecule has 0 spiro atoms. The van der Waals surface area contributed by atoms with E-state index in [2.05, 4.69) is 20.3 Å². The fourth-order valence-electron chi connectivity index (χ4n) is 1.11. The predicted molar refractivity (Wildman–Crippen MR) is 64.2 cm³/mol. The Labute approximate surface area is 107 Å². The van der Waals surface area contributed by atoms with Crippen LogP contribution in [-0.4, -0.2) is 20.9 Å². The van der Waals surface area contributed by atoms with E-state index in [0.717, 1.165) is 0 Å². The van der Waals surface area contributed by atoms with Crippen molar-refractivity contribution in [2.24, 2.45) is 0 Å². The number of hydrogen-bond donors (Lipinski definition) is 1. The second-order valence-corrected chi connectivity index (χ2v) is 3.76. The fraction of sp³-hybridized carbons (Fsp3) is 0. The van der Waals surface area contributed by atoms with Crippen LogP contribution in [0.15, 0.2) is 30.9 Å². The molecule has 0 aliphatic heterocycles. The van der Waals surface area contributed by atoms with Crippen LogP contribution in [0.2, 0.25) is 10.2 Å². The molecule has 7 heteroatoms. The smallest absolute Gasteiger partial charge is 0.258 e. The lowest BCUT2D eigenvalue weighted by atomic mass is 10.3. The molecule has 2 aromatic rings. The quantitative estimate of drug-likeness (QED) is 0.850. The van der Waals surface area contributed by atoms with E-state index in [-0.39, 0.29) is 21.9 Å². The molecule has 0 radical (unpaired) electrons. The number of halogens is 2. The van der Waals surface area contributed by atoms with Gasteiger partial charge in [-0.2, -0.15) is 0 Å². The molecule has 2 aromatic heterocycles. The molecule has 1 amide bonds. The molecule has 0 unspecified atom stereocenters. The number of carbonyl (C=O) groups is 1. The Morgan fingerprint density at radius 2 is 2.12 bits per heavy atom. The second kappa shape index (κ2) is 5.07. The number of amides is 1. The Morgan fingerprint density at radius 1 is 1.29 bits per heavy atom. The van der Waals surface area contributed by atoms with E-state index in [4.69, 9.17) is 23.2 Å². The van der Waals surface area contributed by atoms with Crippen LogP contribution in [0.3, 0.4) is 0 Å².